The molecule has 10 heteroatoms. The zero-order valence-corrected chi connectivity index (χ0v) is 12.8. The van der Waals surface area contributed by atoms with Gasteiger partial charge < -0.3 is 25.2 Å². The van der Waals surface area contributed by atoms with E-state index in [-0.39, 0.29) is 19.8 Å². The third kappa shape index (κ3) is 4.45. The van der Waals surface area contributed by atoms with Crippen LogP contribution in [0.2, 0.25) is 0 Å². The number of nitrogens with zero attached hydrogens (tertiary/aromatic N) is 4. The Balaban J connectivity index is 1.90. The van der Waals surface area contributed by atoms with Crippen LogP contribution in [0.15, 0.2) is 6.20 Å². The quantitative estimate of drug-likeness (QED) is 0.404. The minimum Gasteiger partial charge on any atom is -0.459 e. The number of piperidine rings is 1. The molecule has 0 radical (unpaired) electrons. The maximum atomic E-state index is 10.7. The first-order chi connectivity index (χ1) is 10.9. The molecule has 0 amide bonds. The third-order valence-corrected chi connectivity index (χ3v) is 3.84. The first-order valence-electron chi connectivity index (χ1n) is 7.34. The van der Waals surface area contributed by atoms with E-state index in [4.69, 9.17) is 4.74 Å². The number of hydrogen-bond donors (Lipinski definition) is 4. The predicted octanol–water partition coefficient (Wildman–Crippen LogP) is -2.90. The van der Waals surface area contributed by atoms with Gasteiger partial charge in [-0.1, -0.05) is 5.21 Å². The van der Waals surface area contributed by atoms with Crippen molar-refractivity contribution >= 4 is 5.97 Å². The maximum absolute atomic E-state index is 10.7. The van der Waals surface area contributed by atoms with Crippen LogP contribution in [0.4, 0.5) is 0 Å². The Kier molecular flexibility index (Phi) is 6.02. The molecule has 1 aliphatic heterocycles. The van der Waals surface area contributed by atoms with E-state index in [1.165, 1.54) is 11.6 Å². The number of aliphatic hydroxyl groups excluding tert-OH is 4. The molecular formula is C13H22N4O6. The summed E-state index contributed by atoms with van der Waals surface area (Å²) >= 11 is 0. The Morgan fingerprint density at radius 3 is 2.74 bits per heavy atom. The molecule has 1 fully saturated rings. The van der Waals surface area contributed by atoms with Gasteiger partial charge in [0.2, 0.25) is 0 Å². The molecule has 0 bridgehead atoms. The summed E-state index contributed by atoms with van der Waals surface area (Å²) in [5.74, 6) is -0.403. The molecule has 0 saturated carbocycles. The normalized spacial score (nSPS) is 28.7. The van der Waals surface area contributed by atoms with E-state index >= 15 is 0 Å². The number of esters is 1. The lowest BCUT2D eigenvalue weighted by Gasteiger charge is -2.43. The van der Waals surface area contributed by atoms with Crippen LogP contribution in [-0.2, 0) is 22.7 Å². The molecule has 2 heterocycles. The van der Waals surface area contributed by atoms with Crippen molar-refractivity contribution < 1.29 is 30.0 Å². The first-order valence-corrected chi connectivity index (χ1v) is 7.34. The highest BCUT2D eigenvalue weighted by atomic mass is 16.5. The van der Waals surface area contributed by atoms with Crippen molar-refractivity contribution in [3.63, 3.8) is 0 Å². The fourth-order valence-electron chi connectivity index (χ4n) is 2.56. The van der Waals surface area contributed by atoms with Gasteiger partial charge in [-0.25, -0.2) is 0 Å². The summed E-state index contributed by atoms with van der Waals surface area (Å²) in [4.78, 5) is 12.4. The Labute approximate surface area is 132 Å². The highest BCUT2D eigenvalue weighted by molar-refractivity contribution is 5.65. The standard InChI is InChI=1S/C13H22N4O6/c1-8(19)23-7-9-4-17(15-14-9)3-2-16-5-11(20)13(22)12(21)10(16)6-18/h4,10-13,18,20-22H,2-3,5-7H2,1H3/t10?,11?,12-,13?/m1/s1. The topological polar surface area (TPSA) is 141 Å². The van der Waals surface area contributed by atoms with Gasteiger partial charge in [0.15, 0.2) is 0 Å². The van der Waals surface area contributed by atoms with Crippen LogP contribution in [0.3, 0.4) is 0 Å². The zero-order valence-electron chi connectivity index (χ0n) is 12.8. The van der Waals surface area contributed by atoms with E-state index in [0.717, 1.165) is 0 Å². The number of aromatic nitrogens is 3. The number of carbonyl (C=O) groups excluding carboxylic acids is 1. The molecular weight excluding hydrogens is 308 g/mol. The van der Waals surface area contributed by atoms with Gasteiger partial charge >= 0.3 is 5.97 Å². The number of hydrogen-bond acceptors (Lipinski definition) is 9. The Morgan fingerprint density at radius 1 is 1.35 bits per heavy atom. The van der Waals surface area contributed by atoms with Gasteiger partial charge in [0, 0.05) is 20.0 Å². The van der Waals surface area contributed by atoms with E-state index in [0.29, 0.717) is 18.8 Å². The van der Waals surface area contributed by atoms with Crippen LogP contribution in [0.5, 0.6) is 0 Å². The molecule has 10 nitrogen and oxygen atoms in total. The van der Waals surface area contributed by atoms with Crippen LogP contribution in [0.25, 0.3) is 0 Å². The van der Waals surface area contributed by atoms with Gasteiger partial charge in [-0.05, 0) is 0 Å². The van der Waals surface area contributed by atoms with E-state index in [9.17, 15) is 25.2 Å². The molecule has 1 aromatic heterocycles. The minimum atomic E-state index is -1.27. The zero-order chi connectivity index (χ0) is 17.0. The van der Waals surface area contributed by atoms with Crippen molar-refractivity contribution in [3.05, 3.63) is 11.9 Å². The second-order valence-electron chi connectivity index (χ2n) is 5.55. The van der Waals surface area contributed by atoms with Gasteiger partial charge in [-0.3, -0.25) is 14.4 Å². The Hall–Kier alpha value is -1.59. The summed E-state index contributed by atoms with van der Waals surface area (Å²) < 4.78 is 6.36. The highest BCUT2D eigenvalue weighted by Gasteiger charge is 2.40. The molecule has 4 atom stereocenters. The smallest absolute Gasteiger partial charge is 0.303 e. The molecule has 0 spiro atoms. The van der Waals surface area contributed by atoms with Crippen molar-refractivity contribution in [1.82, 2.24) is 19.9 Å². The number of aliphatic hydroxyl groups is 4. The molecule has 1 aliphatic rings. The maximum Gasteiger partial charge on any atom is 0.303 e. The molecule has 3 unspecified atom stereocenters. The van der Waals surface area contributed by atoms with Gasteiger partial charge in [-0.15, -0.1) is 5.10 Å². The van der Waals surface area contributed by atoms with Crippen molar-refractivity contribution in [1.29, 1.82) is 0 Å². The lowest BCUT2D eigenvalue weighted by atomic mass is 9.94. The van der Waals surface area contributed by atoms with Crippen molar-refractivity contribution in [2.45, 2.75) is 44.4 Å². The van der Waals surface area contributed by atoms with Crippen LogP contribution in [0.1, 0.15) is 12.6 Å². The summed E-state index contributed by atoms with van der Waals surface area (Å²) in [6.45, 7) is 1.95. The van der Waals surface area contributed by atoms with Crippen LogP contribution in [-0.4, -0.2) is 90.3 Å². The summed E-state index contributed by atoms with van der Waals surface area (Å²) in [7, 11) is 0. The summed E-state index contributed by atoms with van der Waals surface area (Å²) in [5, 5.41) is 46.4. The van der Waals surface area contributed by atoms with Crippen molar-refractivity contribution in [2.75, 3.05) is 19.7 Å². The molecule has 0 aliphatic carbocycles. The molecule has 130 valence electrons. The Bertz CT molecular complexity index is 524. The fraction of sp³-hybridized carbons (Fsp3) is 0.769. The predicted molar refractivity (Wildman–Crippen MR) is 76.0 cm³/mol. The number of carbonyl (C=O) groups is 1. The Morgan fingerprint density at radius 2 is 2.09 bits per heavy atom. The minimum absolute atomic E-state index is 0.0436. The van der Waals surface area contributed by atoms with Gasteiger partial charge in [0.1, 0.15) is 24.5 Å². The molecule has 4 N–H and O–H groups in total. The number of β-amino-alcohol motifs (C(OH)–C–C–N with tert-alkyl or cyclic N) is 1. The summed E-state index contributed by atoms with van der Waals surface area (Å²) in [5.41, 5.74) is 0.507. The average Bonchev–Trinajstić information content (AvgIpc) is 2.96. The number of ether oxygens (including phenoxy) is 1. The highest BCUT2D eigenvalue weighted by Crippen LogP contribution is 2.18. The van der Waals surface area contributed by atoms with E-state index in [1.807, 2.05) is 0 Å². The monoisotopic (exact) mass is 330 g/mol. The SMILES string of the molecule is CC(=O)OCc1cn(CCN2CC(O)C(O)[C@H](O)C2CO)nn1. The number of rotatable bonds is 6. The average molecular weight is 330 g/mol. The second kappa shape index (κ2) is 7.79. The second-order valence-corrected chi connectivity index (χ2v) is 5.55. The van der Waals surface area contributed by atoms with Gasteiger partial charge in [-0.2, -0.15) is 0 Å². The molecule has 2 rings (SSSR count). The van der Waals surface area contributed by atoms with Gasteiger partial charge in [0.25, 0.3) is 0 Å². The van der Waals surface area contributed by atoms with E-state index < -0.39 is 30.3 Å². The summed E-state index contributed by atoms with van der Waals surface area (Å²) in [6.07, 6.45) is -1.95. The number of likely N-dealkylation sites (tertiary alicyclic amines) is 1. The largest absolute Gasteiger partial charge is 0.459 e. The molecule has 23 heavy (non-hydrogen) atoms. The lowest BCUT2D eigenvalue weighted by molar-refractivity contribution is -0.145. The van der Waals surface area contributed by atoms with Crippen LogP contribution in [0, 0.1) is 0 Å². The van der Waals surface area contributed by atoms with E-state index in [2.05, 4.69) is 10.3 Å². The summed E-state index contributed by atoms with van der Waals surface area (Å²) in [6, 6.07) is -0.655. The van der Waals surface area contributed by atoms with Crippen molar-refractivity contribution in [3.8, 4) is 0 Å². The third-order valence-electron chi connectivity index (χ3n) is 3.84. The van der Waals surface area contributed by atoms with E-state index in [1.54, 1.807) is 11.1 Å². The molecule has 1 aromatic rings. The van der Waals surface area contributed by atoms with Crippen molar-refractivity contribution in [2.24, 2.45) is 0 Å². The fourth-order valence-corrected chi connectivity index (χ4v) is 2.56. The lowest BCUT2D eigenvalue weighted by Crippen LogP contribution is -2.62. The first kappa shape index (κ1) is 17.8. The van der Waals surface area contributed by atoms with Gasteiger partial charge in [0.05, 0.1) is 31.5 Å². The molecule has 1 saturated heterocycles. The van der Waals surface area contributed by atoms with Crippen LogP contribution < -0.4 is 0 Å². The van der Waals surface area contributed by atoms with Crippen LogP contribution >= 0.6 is 0 Å². The molecule has 0 aromatic carbocycles.